The number of hydrogen-bond acceptors (Lipinski definition) is 6. The van der Waals surface area contributed by atoms with Crippen LogP contribution in [0.4, 0.5) is 11.4 Å². The first-order valence-electron chi connectivity index (χ1n) is 7.78. The number of rotatable bonds is 4. The summed E-state index contributed by atoms with van der Waals surface area (Å²) in [5.41, 5.74) is 1.87. The number of carbonyl (C=O) groups is 1. The molecule has 2 aromatic heterocycles. The van der Waals surface area contributed by atoms with Gasteiger partial charge in [-0.15, -0.1) is 0 Å². The molecule has 132 valence electrons. The van der Waals surface area contributed by atoms with E-state index in [2.05, 4.69) is 20.3 Å². The summed E-state index contributed by atoms with van der Waals surface area (Å²) < 4.78 is 1.81. The fourth-order valence-corrected chi connectivity index (χ4v) is 2.60. The number of para-hydroxylation sites is 1. The molecule has 26 heavy (non-hydrogen) atoms. The lowest BCUT2D eigenvalue weighted by molar-refractivity contribution is -0.385. The van der Waals surface area contributed by atoms with Crippen LogP contribution >= 0.6 is 0 Å². The molecule has 0 saturated heterocycles. The predicted molar refractivity (Wildman–Crippen MR) is 94.4 cm³/mol. The zero-order valence-corrected chi connectivity index (χ0v) is 14.4. The molecule has 0 spiro atoms. The maximum absolute atomic E-state index is 12.3. The van der Waals surface area contributed by atoms with Gasteiger partial charge in [0.1, 0.15) is 11.4 Å². The molecular weight excluding hydrogens is 336 g/mol. The molecule has 0 fully saturated rings. The maximum Gasteiger partial charge on any atom is 0.282 e. The number of nitrogens with zero attached hydrogens (tertiary/aromatic N) is 5. The molecule has 2 heterocycles. The number of benzene rings is 1. The van der Waals surface area contributed by atoms with Gasteiger partial charge in [0.2, 0.25) is 5.95 Å². The molecule has 0 aliphatic carbocycles. The summed E-state index contributed by atoms with van der Waals surface area (Å²) in [5, 5.41) is 13.6. The normalized spacial score (nSPS) is 10.6. The Bertz CT molecular complexity index is 994. The van der Waals surface area contributed by atoms with Gasteiger partial charge < -0.3 is 5.32 Å². The molecule has 1 N–H and O–H groups in total. The van der Waals surface area contributed by atoms with E-state index in [4.69, 9.17) is 0 Å². The van der Waals surface area contributed by atoms with Crippen molar-refractivity contribution in [2.75, 3.05) is 5.32 Å². The van der Waals surface area contributed by atoms with Gasteiger partial charge in [0.05, 0.1) is 28.7 Å². The van der Waals surface area contributed by atoms with Crippen LogP contribution in [-0.2, 0) is 0 Å². The lowest BCUT2D eigenvalue weighted by atomic mass is 10.1. The average molecular weight is 352 g/mol. The van der Waals surface area contributed by atoms with Gasteiger partial charge in [0.25, 0.3) is 11.6 Å². The number of anilines is 1. The second kappa shape index (κ2) is 6.71. The van der Waals surface area contributed by atoms with Gasteiger partial charge in [-0.2, -0.15) is 0 Å². The van der Waals surface area contributed by atoms with Crippen molar-refractivity contribution in [1.29, 1.82) is 0 Å². The van der Waals surface area contributed by atoms with Gasteiger partial charge in [0.15, 0.2) is 0 Å². The zero-order valence-electron chi connectivity index (χ0n) is 14.4. The molecule has 0 bridgehead atoms. The molecule has 0 radical (unpaired) electrons. The van der Waals surface area contributed by atoms with E-state index in [1.165, 1.54) is 30.6 Å². The number of aryl methyl sites for hydroxylation is 2. The van der Waals surface area contributed by atoms with Crippen LogP contribution in [-0.4, -0.2) is 30.3 Å². The SMILES string of the molecule is Cc1nc(C)n(-c2ncc(NC(=O)c3ccccc3[N+](=O)[O-])cn2)c1C. The average Bonchev–Trinajstić information content (AvgIpc) is 2.88. The van der Waals surface area contributed by atoms with Gasteiger partial charge in [0, 0.05) is 11.8 Å². The van der Waals surface area contributed by atoms with Crippen molar-refractivity contribution in [1.82, 2.24) is 19.5 Å². The molecule has 3 rings (SSSR count). The van der Waals surface area contributed by atoms with Crippen LogP contribution in [0.2, 0.25) is 0 Å². The molecule has 1 aromatic carbocycles. The fourth-order valence-electron chi connectivity index (χ4n) is 2.60. The van der Waals surface area contributed by atoms with Crippen LogP contribution < -0.4 is 5.32 Å². The molecule has 1 amide bonds. The number of aromatic nitrogens is 4. The first-order valence-corrected chi connectivity index (χ1v) is 7.78. The Morgan fingerprint density at radius 1 is 1.15 bits per heavy atom. The van der Waals surface area contributed by atoms with Crippen molar-refractivity contribution < 1.29 is 9.72 Å². The third kappa shape index (κ3) is 3.14. The van der Waals surface area contributed by atoms with Crippen LogP contribution in [0.3, 0.4) is 0 Å². The van der Waals surface area contributed by atoms with Crippen LogP contribution in [0.5, 0.6) is 0 Å². The Hall–Kier alpha value is -3.62. The molecule has 0 atom stereocenters. The van der Waals surface area contributed by atoms with Crippen LogP contribution in [0.1, 0.15) is 27.6 Å². The van der Waals surface area contributed by atoms with Crippen molar-refractivity contribution in [2.45, 2.75) is 20.8 Å². The molecule has 3 aromatic rings. The van der Waals surface area contributed by atoms with Gasteiger partial charge in [-0.05, 0) is 26.8 Å². The van der Waals surface area contributed by atoms with Crippen molar-refractivity contribution in [2.24, 2.45) is 0 Å². The van der Waals surface area contributed by atoms with E-state index < -0.39 is 10.8 Å². The van der Waals surface area contributed by atoms with Gasteiger partial charge >= 0.3 is 0 Å². The standard InChI is InChI=1S/C17H16N6O3/c1-10-11(2)22(12(3)20-10)17-18-8-13(9-19-17)21-16(24)14-6-4-5-7-15(14)23(25)26/h4-9H,1-3H3,(H,21,24). The first kappa shape index (κ1) is 17.2. The monoisotopic (exact) mass is 352 g/mol. The minimum absolute atomic E-state index is 0.0292. The summed E-state index contributed by atoms with van der Waals surface area (Å²) in [5.74, 6) is 0.598. The summed E-state index contributed by atoms with van der Waals surface area (Å²) in [4.78, 5) is 35.6. The van der Waals surface area contributed by atoms with Crippen molar-refractivity contribution >= 4 is 17.3 Å². The van der Waals surface area contributed by atoms with E-state index in [-0.39, 0.29) is 11.3 Å². The predicted octanol–water partition coefficient (Wildman–Crippen LogP) is 2.75. The first-order chi connectivity index (χ1) is 12.4. The Morgan fingerprint density at radius 3 is 2.38 bits per heavy atom. The summed E-state index contributed by atoms with van der Waals surface area (Å²) >= 11 is 0. The minimum atomic E-state index is -0.598. The topological polar surface area (TPSA) is 116 Å². The largest absolute Gasteiger partial charge is 0.319 e. The third-order valence-electron chi connectivity index (χ3n) is 3.95. The van der Waals surface area contributed by atoms with Crippen molar-refractivity contribution in [3.63, 3.8) is 0 Å². The van der Waals surface area contributed by atoms with Gasteiger partial charge in [-0.25, -0.2) is 15.0 Å². The number of amides is 1. The second-order valence-corrected chi connectivity index (χ2v) is 5.67. The van der Waals surface area contributed by atoms with Crippen molar-refractivity contribution in [3.05, 3.63) is 69.5 Å². The highest BCUT2D eigenvalue weighted by Crippen LogP contribution is 2.19. The lowest BCUT2D eigenvalue weighted by Gasteiger charge is -2.08. The summed E-state index contributed by atoms with van der Waals surface area (Å²) in [6.45, 7) is 5.68. The van der Waals surface area contributed by atoms with E-state index in [1.807, 2.05) is 25.3 Å². The van der Waals surface area contributed by atoms with E-state index in [9.17, 15) is 14.9 Å². The third-order valence-corrected chi connectivity index (χ3v) is 3.95. The smallest absolute Gasteiger partial charge is 0.282 e. The molecule has 0 unspecified atom stereocenters. The Morgan fingerprint density at radius 2 is 1.81 bits per heavy atom. The lowest BCUT2D eigenvalue weighted by Crippen LogP contribution is -2.15. The van der Waals surface area contributed by atoms with Gasteiger partial charge in [-0.1, -0.05) is 12.1 Å². The van der Waals surface area contributed by atoms with Crippen LogP contribution in [0.25, 0.3) is 5.95 Å². The fraction of sp³-hybridized carbons (Fsp3) is 0.176. The Labute approximate surface area is 148 Å². The molecule has 0 aliphatic rings. The number of nitro benzene ring substituents is 1. The van der Waals surface area contributed by atoms with Crippen LogP contribution in [0.15, 0.2) is 36.7 Å². The summed E-state index contributed by atoms with van der Waals surface area (Å²) in [6, 6.07) is 5.74. The number of hydrogen-bond donors (Lipinski definition) is 1. The molecular formula is C17H16N6O3. The molecule has 0 saturated carbocycles. The van der Waals surface area contributed by atoms with E-state index in [1.54, 1.807) is 6.07 Å². The van der Waals surface area contributed by atoms with Gasteiger partial charge in [-0.3, -0.25) is 19.5 Å². The highest BCUT2D eigenvalue weighted by Gasteiger charge is 2.19. The molecule has 0 aliphatic heterocycles. The minimum Gasteiger partial charge on any atom is -0.319 e. The quantitative estimate of drug-likeness (QED) is 0.570. The number of nitrogens with one attached hydrogen (secondary N) is 1. The van der Waals surface area contributed by atoms with E-state index >= 15 is 0 Å². The summed E-state index contributed by atoms with van der Waals surface area (Å²) in [6.07, 6.45) is 2.90. The Kier molecular flexibility index (Phi) is 4.44. The zero-order chi connectivity index (χ0) is 18.8. The van der Waals surface area contributed by atoms with E-state index in [0.717, 1.165) is 17.2 Å². The van der Waals surface area contributed by atoms with Crippen molar-refractivity contribution in [3.8, 4) is 5.95 Å². The van der Waals surface area contributed by atoms with Crippen LogP contribution in [0, 0.1) is 30.9 Å². The summed E-state index contributed by atoms with van der Waals surface area (Å²) in [7, 11) is 0. The number of carbonyl (C=O) groups excluding carboxylic acids is 1. The second-order valence-electron chi connectivity index (χ2n) is 5.67. The highest BCUT2D eigenvalue weighted by molar-refractivity contribution is 6.06. The molecule has 9 nitrogen and oxygen atoms in total. The number of imidazole rings is 1. The Balaban J connectivity index is 1.84. The maximum atomic E-state index is 12.3. The molecule has 9 heteroatoms. The van der Waals surface area contributed by atoms with E-state index in [0.29, 0.717) is 11.6 Å². The highest BCUT2D eigenvalue weighted by atomic mass is 16.6. The number of nitro groups is 1.